The number of aryl methyl sites for hydroxylation is 2. The summed E-state index contributed by atoms with van der Waals surface area (Å²) in [7, 11) is -8.12. The zero-order valence-corrected chi connectivity index (χ0v) is 23.9. The molecule has 0 aliphatic carbocycles. The fourth-order valence-corrected chi connectivity index (χ4v) is 6.24. The Morgan fingerprint density at radius 1 is 0.605 bits per heavy atom. The third kappa shape index (κ3) is 6.80. The number of hydrogen-bond donors (Lipinski definition) is 0. The third-order valence-corrected chi connectivity index (χ3v) is 8.75. The monoisotopic (exact) mass is 570 g/mol. The average molecular weight is 571 g/mol. The fourth-order valence-electron chi connectivity index (χ4n) is 4.40. The van der Waals surface area contributed by atoms with Crippen molar-refractivity contribution in [2.75, 3.05) is 13.2 Å². The minimum Gasteiger partial charge on any atom is -0.342 e. The first kappa shape index (κ1) is 29.1. The number of hydrogen-bond acceptors (Lipinski definition) is 10. The van der Waals surface area contributed by atoms with Crippen molar-refractivity contribution in [2.24, 2.45) is 0 Å². The van der Waals surface area contributed by atoms with Crippen molar-refractivity contribution in [3.8, 4) is 0 Å². The lowest BCUT2D eigenvalue weighted by atomic mass is 10.0. The van der Waals surface area contributed by atoms with Crippen LogP contribution in [0.3, 0.4) is 0 Å². The van der Waals surface area contributed by atoms with E-state index in [1.165, 1.54) is 24.3 Å². The van der Waals surface area contributed by atoms with E-state index < -0.39 is 56.2 Å². The van der Waals surface area contributed by atoms with Gasteiger partial charge >= 0.3 is 0 Å². The molecule has 2 aliphatic rings. The zero-order valence-electron chi connectivity index (χ0n) is 22.2. The summed E-state index contributed by atoms with van der Waals surface area (Å²) in [6.45, 7) is 9.74. The van der Waals surface area contributed by atoms with Crippen LogP contribution >= 0.6 is 0 Å². The molecule has 10 nitrogen and oxygen atoms in total. The van der Waals surface area contributed by atoms with Gasteiger partial charge in [0.2, 0.25) is 0 Å². The van der Waals surface area contributed by atoms with Gasteiger partial charge in [-0.15, -0.1) is 0 Å². The number of rotatable bonds is 9. The van der Waals surface area contributed by atoms with E-state index in [1.54, 1.807) is 52.0 Å². The molecular formula is C26H34O10S2. The standard InChI is InChI=1S/C26H34O10S2/c1-17-7-11-19(12-8-17)37(27,28)31-15-21-23(35-25(3,4)33-21)24-22(34-26(5,6)36-24)16-32-38(29,30)20-13-9-18(2)10-14-20/h7-14,21-24H,15-16H2,1-6H3/t21-,22+,23+,24-. The Morgan fingerprint density at radius 3 is 1.24 bits per heavy atom. The molecule has 2 heterocycles. The molecule has 0 spiro atoms. The Labute approximate surface area is 224 Å². The van der Waals surface area contributed by atoms with Crippen LogP contribution in [0, 0.1) is 13.8 Å². The van der Waals surface area contributed by atoms with Gasteiger partial charge in [-0.25, -0.2) is 0 Å². The molecule has 4 atom stereocenters. The van der Waals surface area contributed by atoms with E-state index in [0.29, 0.717) is 0 Å². The van der Waals surface area contributed by atoms with Crippen LogP contribution in [0.15, 0.2) is 58.3 Å². The Bertz CT molecular complexity index is 1230. The summed E-state index contributed by atoms with van der Waals surface area (Å²) in [5.41, 5.74) is 1.83. The molecule has 2 aromatic carbocycles. The van der Waals surface area contributed by atoms with E-state index in [9.17, 15) is 16.8 Å². The van der Waals surface area contributed by atoms with Gasteiger partial charge in [-0.3, -0.25) is 8.37 Å². The van der Waals surface area contributed by atoms with Crippen molar-refractivity contribution in [3.05, 3.63) is 59.7 Å². The normalized spacial score (nSPS) is 27.0. The predicted molar refractivity (Wildman–Crippen MR) is 136 cm³/mol. The van der Waals surface area contributed by atoms with Gasteiger partial charge < -0.3 is 18.9 Å². The Hall–Kier alpha value is -1.90. The second-order valence-electron chi connectivity index (χ2n) is 10.4. The van der Waals surface area contributed by atoms with Crippen LogP contribution in [0.1, 0.15) is 38.8 Å². The minimum absolute atomic E-state index is 0.0204. The van der Waals surface area contributed by atoms with Gasteiger partial charge in [0.15, 0.2) is 11.6 Å². The molecule has 2 saturated heterocycles. The summed E-state index contributed by atoms with van der Waals surface area (Å²) in [6.07, 6.45) is -3.39. The van der Waals surface area contributed by atoms with Gasteiger partial charge in [0.1, 0.15) is 24.4 Å². The van der Waals surface area contributed by atoms with Crippen molar-refractivity contribution < 1.29 is 44.1 Å². The molecule has 2 aliphatic heterocycles. The van der Waals surface area contributed by atoms with Crippen molar-refractivity contribution in [1.82, 2.24) is 0 Å². The Morgan fingerprint density at radius 2 is 0.921 bits per heavy atom. The van der Waals surface area contributed by atoms with Crippen molar-refractivity contribution in [2.45, 2.75) is 87.3 Å². The van der Waals surface area contributed by atoms with Gasteiger partial charge in [0.25, 0.3) is 20.2 Å². The summed E-state index contributed by atoms with van der Waals surface area (Å²) in [5.74, 6) is -2.16. The Balaban J connectivity index is 1.50. The van der Waals surface area contributed by atoms with E-state index in [0.717, 1.165) is 11.1 Å². The lowest BCUT2D eigenvalue weighted by molar-refractivity contribution is -0.175. The summed E-state index contributed by atoms with van der Waals surface area (Å²) in [4.78, 5) is 0.0407. The van der Waals surface area contributed by atoms with E-state index >= 15 is 0 Å². The molecule has 0 bridgehead atoms. The third-order valence-electron chi connectivity index (χ3n) is 6.16. The van der Waals surface area contributed by atoms with Gasteiger partial charge in [0, 0.05) is 0 Å². The molecule has 0 unspecified atom stereocenters. The average Bonchev–Trinajstić information content (AvgIpc) is 3.31. The van der Waals surface area contributed by atoms with E-state index in [1.807, 2.05) is 13.8 Å². The second kappa shape index (κ2) is 10.6. The molecule has 4 rings (SSSR count). The molecule has 38 heavy (non-hydrogen) atoms. The number of ether oxygens (including phenoxy) is 4. The molecule has 12 heteroatoms. The molecule has 0 radical (unpaired) electrons. The summed E-state index contributed by atoms with van der Waals surface area (Å²) in [6, 6.07) is 12.6. The van der Waals surface area contributed by atoms with Gasteiger partial charge in [-0.2, -0.15) is 16.8 Å². The summed E-state index contributed by atoms with van der Waals surface area (Å²) in [5, 5.41) is 0. The van der Waals surface area contributed by atoms with Gasteiger partial charge in [-0.1, -0.05) is 35.4 Å². The van der Waals surface area contributed by atoms with Crippen molar-refractivity contribution in [3.63, 3.8) is 0 Å². The van der Waals surface area contributed by atoms with Crippen molar-refractivity contribution >= 4 is 20.2 Å². The van der Waals surface area contributed by atoms with Crippen LogP contribution in [0.25, 0.3) is 0 Å². The van der Waals surface area contributed by atoms with Crippen LogP contribution in [-0.2, 0) is 47.5 Å². The molecule has 2 fully saturated rings. The fraction of sp³-hybridized carbons (Fsp3) is 0.538. The van der Waals surface area contributed by atoms with E-state index in [-0.39, 0.29) is 23.0 Å². The number of benzene rings is 2. The first-order chi connectivity index (χ1) is 17.6. The topological polar surface area (TPSA) is 124 Å². The van der Waals surface area contributed by atoms with Crippen LogP contribution in [0.2, 0.25) is 0 Å². The smallest absolute Gasteiger partial charge is 0.297 e. The first-order valence-electron chi connectivity index (χ1n) is 12.2. The lowest BCUT2D eigenvalue weighted by Crippen LogP contribution is -2.45. The molecule has 0 aromatic heterocycles. The molecule has 0 N–H and O–H groups in total. The SMILES string of the molecule is Cc1ccc(S(=O)(=O)OC[C@@H]2OC(C)(C)O[C@H]2[C@H]2OC(C)(C)O[C@@H]2COS(=O)(=O)c2ccc(C)cc2)cc1. The van der Waals surface area contributed by atoms with Gasteiger partial charge in [-0.05, 0) is 65.8 Å². The zero-order chi connectivity index (χ0) is 27.9. The van der Waals surface area contributed by atoms with Crippen LogP contribution in [0.5, 0.6) is 0 Å². The van der Waals surface area contributed by atoms with Gasteiger partial charge in [0.05, 0.1) is 23.0 Å². The Kier molecular flexibility index (Phi) is 8.10. The molecule has 0 amide bonds. The maximum absolute atomic E-state index is 12.8. The highest BCUT2D eigenvalue weighted by atomic mass is 32.2. The van der Waals surface area contributed by atoms with Crippen molar-refractivity contribution in [1.29, 1.82) is 0 Å². The maximum atomic E-state index is 12.8. The summed E-state index contributed by atoms with van der Waals surface area (Å²) < 4.78 is 85.8. The quantitative estimate of drug-likeness (QED) is 0.414. The van der Waals surface area contributed by atoms with Crippen LogP contribution in [0.4, 0.5) is 0 Å². The summed E-state index contributed by atoms with van der Waals surface area (Å²) >= 11 is 0. The second-order valence-corrected chi connectivity index (χ2v) is 13.6. The largest absolute Gasteiger partial charge is 0.342 e. The van der Waals surface area contributed by atoms with E-state index in [4.69, 9.17) is 27.3 Å². The van der Waals surface area contributed by atoms with Crippen LogP contribution in [-0.4, -0.2) is 66.0 Å². The first-order valence-corrected chi connectivity index (χ1v) is 15.0. The molecule has 210 valence electrons. The minimum atomic E-state index is -4.06. The van der Waals surface area contributed by atoms with Crippen LogP contribution < -0.4 is 0 Å². The predicted octanol–water partition coefficient (Wildman–Crippen LogP) is 3.45. The highest BCUT2D eigenvalue weighted by Crippen LogP contribution is 2.39. The maximum Gasteiger partial charge on any atom is 0.297 e. The van der Waals surface area contributed by atoms with E-state index in [2.05, 4.69) is 0 Å². The highest BCUT2D eigenvalue weighted by molar-refractivity contribution is 7.87. The molecule has 0 saturated carbocycles. The lowest BCUT2D eigenvalue weighted by Gasteiger charge is -2.26. The molecular weight excluding hydrogens is 536 g/mol. The molecule has 2 aromatic rings. The highest BCUT2D eigenvalue weighted by Gasteiger charge is 2.54.